The summed E-state index contributed by atoms with van der Waals surface area (Å²) in [4.78, 5) is 22.8. The van der Waals surface area contributed by atoms with Gasteiger partial charge in [-0.2, -0.15) is 0 Å². The fourth-order valence-corrected chi connectivity index (χ4v) is 2.23. The van der Waals surface area contributed by atoms with Crippen LogP contribution < -0.4 is 5.32 Å². The van der Waals surface area contributed by atoms with Crippen molar-refractivity contribution in [1.82, 2.24) is 5.32 Å². The number of hydrogen-bond acceptors (Lipinski definition) is 2. The molecule has 2 atom stereocenters. The quantitative estimate of drug-likeness (QED) is 0.749. The minimum Gasteiger partial charge on any atom is -0.481 e. The number of carboxylic acid groups (broad SMARTS) is 1. The SMILES string of the molecule is CCC(C)C(C)C(=O)NC1(CC(=O)O)CCC1. The van der Waals surface area contributed by atoms with Gasteiger partial charge in [0.05, 0.1) is 12.0 Å². The smallest absolute Gasteiger partial charge is 0.305 e. The van der Waals surface area contributed by atoms with E-state index in [1.165, 1.54) is 0 Å². The van der Waals surface area contributed by atoms with Crippen molar-refractivity contribution < 1.29 is 14.7 Å². The van der Waals surface area contributed by atoms with Crippen LogP contribution in [0, 0.1) is 11.8 Å². The molecule has 1 fully saturated rings. The third-order valence-electron chi connectivity index (χ3n) is 4.10. The normalized spacial score (nSPS) is 21.1. The van der Waals surface area contributed by atoms with Crippen LogP contribution in [-0.4, -0.2) is 22.5 Å². The zero-order chi connectivity index (χ0) is 13.1. The molecule has 0 radical (unpaired) electrons. The topological polar surface area (TPSA) is 66.4 Å². The second kappa shape index (κ2) is 5.52. The molecule has 1 amide bonds. The van der Waals surface area contributed by atoms with Crippen molar-refractivity contribution in [2.24, 2.45) is 11.8 Å². The van der Waals surface area contributed by atoms with Gasteiger partial charge in [0.1, 0.15) is 0 Å². The number of aliphatic carboxylic acids is 1. The van der Waals surface area contributed by atoms with Crippen molar-refractivity contribution in [3.8, 4) is 0 Å². The van der Waals surface area contributed by atoms with Crippen molar-refractivity contribution in [1.29, 1.82) is 0 Å². The van der Waals surface area contributed by atoms with Gasteiger partial charge in [-0.3, -0.25) is 9.59 Å². The van der Waals surface area contributed by atoms with Gasteiger partial charge in [0.2, 0.25) is 5.91 Å². The van der Waals surface area contributed by atoms with Gasteiger partial charge in [0.15, 0.2) is 0 Å². The Kier molecular flexibility index (Phi) is 4.54. The highest BCUT2D eigenvalue weighted by Crippen LogP contribution is 2.35. The third kappa shape index (κ3) is 3.45. The molecular weight excluding hydrogens is 218 g/mol. The maximum absolute atomic E-state index is 12.0. The van der Waals surface area contributed by atoms with Gasteiger partial charge in [-0.25, -0.2) is 0 Å². The van der Waals surface area contributed by atoms with E-state index in [0.29, 0.717) is 5.92 Å². The van der Waals surface area contributed by atoms with Crippen molar-refractivity contribution in [3.63, 3.8) is 0 Å². The number of rotatable bonds is 6. The molecule has 0 spiro atoms. The lowest BCUT2D eigenvalue weighted by Crippen LogP contribution is -2.56. The molecule has 17 heavy (non-hydrogen) atoms. The van der Waals surface area contributed by atoms with Gasteiger partial charge in [0, 0.05) is 5.92 Å². The minimum atomic E-state index is -0.832. The highest BCUT2D eigenvalue weighted by molar-refractivity contribution is 5.80. The Morgan fingerprint density at radius 1 is 1.35 bits per heavy atom. The Labute approximate surface area is 103 Å². The summed E-state index contributed by atoms with van der Waals surface area (Å²) >= 11 is 0. The average Bonchev–Trinajstić information content (AvgIpc) is 2.23. The van der Waals surface area contributed by atoms with Crippen molar-refractivity contribution >= 4 is 11.9 Å². The third-order valence-corrected chi connectivity index (χ3v) is 4.10. The van der Waals surface area contributed by atoms with Gasteiger partial charge < -0.3 is 10.4 Å². The molecular formula is C13H23NO3. The second-order valence-electron chi connectivity index (χ2n) is 5.37. The number of carbonyl (C=O) groups is 2. The molecule has 2 unspecified atom stereocenters. The molecule has 1 aliphatic rings. The standard InChI is InChI=1S/C13H23NO3/c1-4-9(2)10(3)12(17)14-13(6-5-7-13)8-11(15)16/h9-10H,4-8H2,1-3H3,(H,14,17)(H,15,16). The minimum absolute atomic E-state index is 0.000278. The van der Waals surface area contributed by atoms with Crippen molar-refractivity contribution in [3.05, 3.63) is 0 Å². The summed E-state index contributed by atoms with van der Waals surface area (Å²) in [6.07, 6.45) is 3.59. The first-order valence-electron chi connectivity index (χ1n) is 6.44. The molecule has 1 rings (SSSR count). The van der Waals surface area contributed by atoms with E-state index in [0.717, 1.165) is 25.7 Å². The molecule has 0 aromatic carbocycles. The fourth-order valence-electron chi connectivity index (χ4n) is 2.23. The van der Waals surface area contributed by atoms with Crippen LogP contribution in [0.1, 0.15) is 52.9 Å². The number of amides is 1. The largest absolute Gasteiger partial charge is 0.481 e. The summed E-state index contributed by atoms with van der Waals surface area (Å²) in [5.41, 5.74) is -0.468. The highest BCUT2D eigenvalue weighted by atomic mass is 16.4. The molecule has 0 saturated heterocycles. The first-order chi connectivity index (χ1) is 7.90. The first kappa shape index (κ1) is 14.0. The monoisotopic (exact) mass is 241 g/mol. The Bertz CT molecular complexity index is 297. The molecule has 0 bridgehead atoms. The lowest BCUT2D eigenvalue weighted by atomic mass is 9.74. The molecule has 0 heterocycles. The summed E-state index contributed by atoms with van der Waals surface area (Å²) in [6.45, 7) is 6.02. The van der Waals surface area contributed by atoms with Crippen LogP contribution in [0.5, 0.6) is 0 Å². The van der Waals surface area contributed by atoms with Crippen LogP contribution in [0.4, 0.5) is 0 Å². The van der Waals surface area contributed by atoms with Gasteiger partial charge in [-0.15, -0.1) is 0 Å². The van der Waals surface area contributed by atoms with E-state index in [2.05, 4.69) is 19.2 Å². The summed E-state index contributed by atoms with van der Waals surface area (Å²) < 4.78 is 0. The number of hydrogen-bond donors (Lipinski definition) is 2. The van der Waals surface area contributed by atoms with E-state index in [9.17, 15) is 9.59 Å². The molecule has 4 heteroatoms. The zero-order valence-corrected chi connectivity index (χ0v) is 11.0. The van der Waals surface area contributed by atoms with Crippen LogP contribution in [0.15, 0.2) is 0 Å². The van der Waals surface area contributed by atoms with E-state index in [1.54, 1.807) is 0 Å². The predicted octanol–water partition coefficient (Wildman–Crippen LogP) is 2.18. The number of carbonyl (C=O) groups excluding carboxylic acids is 1. The summed E-state index contributed by atoms with van der Waals surface area (Å²) in [7, 11) is 0. The van der Waals surface area contributed by atoms with E-state index >= 15 is 0 Å². The molecule has 2 N–H and O–H groups in total. The van der Waals surface area contributed by atoms with E-state index in [1.807, 2.05) is 6.92 Å². The van der Waals surface area contributed by atoms with E-state index in [-0.39, 0.29) is 18.2 Å². The van der Waals surface area contributed by atoms with Crippen LogP contribution in [0.25, 0.3) is 0 Å². The highest BCUT2D eigenvalue weighted by Gasteiger charge is 2.41. The molecule has 4 nitrogen and oxygen atoms in total. The molecule has 1 aliphatic carbocycles. The molecule has 1 saturated carbocycles. The lowest BCUT2D eigenvalue weighted by Gasteiger charge is -2.42. The Balaban J connectivity index is 2.56. The molecule has 0 aromatic rings. The molecule has 98 valence electrons. The average molecular weight is 241 g/mol. The summed E-state index contributed by atoms with van der Waals surface area (Å²) in [6, 6.07) is 0. The Morgan fingerprint density at radius 3 is 2.29 bits per heavy atom. The maximum Gasteiger partial charge on any atom is 0.305 e. The van der Waals surface area contributed by atoms with Gasteiger partial charge in [0.25, 0.3) is 0 Å². The Hall–Kier alpha value is -1.06. The molecule has 0 aromatic heterocycles. The van der Waals surface area contributed by atoms with Gasteiger partial charge in [-0.1, -0.05) is 27.2 Å². The predicted molar refractivity (Wildman–Crippen MR) is 65.6 cm³/mol. The van der Waals surface area contributed by atoms with Crippen LogP contribution >= 0.6 is 0 Å². The number of carboxylic acids is 1. The maximum atomic E-state index is 12.0. The van der Waals surface area contributed by atoms with E-state index < -0.39 is 11.5 Å². The zero-order valence-electron chi connectivity index (χ0n) is 11.0. The second-order valence-corrected chi connectivity index (χ2v) is 5.37. The molecule has 0 aliphatic heterocycles. The van der Waals surface area contributed by atoms with E-state index in [4.69, 9.17) is 5.11 Å². The Morgan fingerprint density at radius 2 is 1.94 bits per heavy atom. The summed E-state index contributed by atoms with van der Waals surface area (Å²) in [5.74, 6) is -0.551. The number of nitrogens with one attached hydrogen (secondary N) is 1. The lowest BCUT2D eigenvalue weighted by molar-refractivity contribution is -0.141. The van der Waals surface area contributed by atoms with Crippen LogP contribution in [0.2, 0.25) is 0 Å². The van der Waals surface area contributed by atoms with Crippen LogP contribution in [-0.2, 0) is 9.59 Å². The first-order valence-corrected chi connectivity index (χ1v) is 6.44. The fraction of sp³-hybridized carbons (Fsp3) is 0.846. The van der Waals surface area contributed by atoms with Crippen molar-refractivity contribution in [2.45, 2.75) is 58.4 Å². The summed E-state index contributed by atoms with van der Waals surface area (Å²) in [5, 5.41) is 11.8. The van der Waals surface area contributed by atoms with Gasteiger partial charge >= 0.3 is 5.97 Å². The van der Waals surface area contributed by atoms with Gasteiger partial charge in [-0.05, 0) is 25.2 Å². The van der Waals surface area contributed by atoms with Crippen LogP contribution in [0.3, 0.4) is 0 Å². The van der Waals surface area contributed by atoms with Crippen molar-refractivity contribution in [2.75, 3.05) is 0 Å².